The number of rotatable bonds is 4. The van der Waals surface area contributed by atoms with Gasteiger partial charge in [0.25, 0.3) is 5.79 Å². The lowest BCUT2D eigenvalue weighted by Gasteiger charge is -2.29. The molecule has 27 heavy (non-hydrogen) atoms. The van der Waals surface area contributed by atoms with Gasteiger partial charge >= 0.3 is 11.9 Å². The first-order valence-corrected chi connectivity index (χ1v) is 8.47. The first-order chi connectivity index (χ1) is 12.7. The molecule has 0 amide bonds. The first-order valence-electron chi connectivity index (χ1n) is 8.09. The largest absolute Gasteiger partial charge is 0.419 e. The molecule has 0 aromatic heterocycles. The lowest BCUT2D eigenvalue weighted by atomic mass is 10.0. The van der Waals surface area contributed by atoms with Gasteiger partial charge in [-0.2, -0.15) is 0 Å². The Morgan fingerprint density at radius 2 is 1.41 bits per heavy atom. The molecule has 0 spiro atoms. The fourth-order valence-corrected chi connectivity index (χ4v) is 2.55. The van der Waals surface area contributed by atoms with Crippen LogP contribution in [-0.4, -0.2) is 23.5 Å². The van der Waals surface area contributed by atoms with E-state index in [0.717, 1.165) is 0 Å². The summed E-state index contributed by atoms with van der Waals surface area (Å²) in [6.07, 6.45) is 1.22. The predicted molar refractivity (Wildman–Crippen MR) is 99.3 cm³/mol. The summed E-state index contributed by atoms with van der Waals surface area (Å²) in [5.41, 5.74) is 1.36. The molecular weight excluding hydrogens is 370 g/mol. The van der Waals surface area contributed by atoms with Gasteiger partial charge in [-0.3, -0.25) is 4.79 Å². The molecule has 0 aliphatic carbocycles. The number of esters is 2. The van der Waals surface area contributed by atoms with Gasteiger partial charge in [0, 0.05) is 41.9 Å². The molecule has 6 nitrogen and oxygen atoms in total. The third-order valence-electron chi connectivity index (χ3n) is 3.75. The molecule has 2 aromatic carbocycles. The SMILES string of the molecule is CC1(C)OC(=O)C(=CNc2ccc(C(=O)c3ccc(Cl)cc3)cc2)C(=O)O1. The molecule has 0 atom stereocenters. The maximum atomic E-state index is 12.4. The second kappa shape index (κ2) is 7.25. The van der Waals surface area contributed by atoms with Crippen LogP contribution in [0.25, 0.3) is 0 Å². The van der Waals surface area contributed by atoms with Gasteiger partial charge < -0.3 is 14.8 Å². The van der Waals surface area contributed by atoms with Crippen molar-refractivity contribution in [2.45, 2.75) is 19.6 Å². The molecule has 1 aliphatic heterocycles. The number of anilines is 1. The summed E-state index contributed by atoms with van der Waals surface area (Å²) >= 11 is 5.83. The number of hydrogen-bond acceptors (Lipinski definition) is 6. The number of halogens is 1. The smallest absolute Gasteiger partial charge is 0.350 e. The van der Waals surface area contributed by atoms with Crippen LogP contribution >= 0.6 is 11.6 Å². The molecule has 1 heterocycles. The number of benzene rings is 2. The van der Waals surface area contributed by atoms with Crippen molar-refractivity contribution >= 4 is 35.0 Å². The van der Waals surface area contributed by atoms with Crippen LogP contribution in [0.1, 0.15) is 29.8 Å². The van der Waals surface area contributed by atoms with Gasteiger partial charge in [-0.1, -0.05) is 11.6 Å². The molecule has 0 radical (unpaired) electrons. The fourth-order valence-electron chi connectivity index (χ4n) is 2.42. The Balaban J connectivity index is 1.71. The van der Waals surface area contributed by atoms with Crippen LogP contribution in [0.15, 0.2) is 60.3 Å². The topological polar surface area (TPSA) is 81.7 Å². The van der Waals surface area contributed by atoms with E-state index >= 15 is 0 Å². The minimum Gasteiger partial charge on any atom is -0.419 e. The van der Waals surface area contributed by atoms with E-state index in [0.29, 0.717) is 21.8 Å². The summed E-state index contributed by atoms with van der Waals surface area (Å²) in [5, 5.41) is 3.38. The minimum atomic E-state index is -1.28. The second-order valence-corrected chi connectivity index (χ2v) is 6.73. The van der Waals surface area contributed by atoms with Crippen LogP contribution in [0, 0.1) is 0 Å². The molecule has 0 unspecified atom stereocenters. The van der Waals surface area contributed by atoms with Crippen molar-refractivity contribution in [1.82, 2.24) is 0 Å². The highest BCUT2D eigenvalue weighted by atomic mass is 35.5. The Morgan fingerprint density at radius 1 is 0.926 bits per heavy atom. The van der Waals surface area contributed by atoms with Crippen LogP contribution < -0.4 is 5.32 Å². The quantitative estimate of drug-likeness (QED) is 0.374. The van der Waals surface area contributed by atoms with Gasteiger partial charge in [0.1, 0.15) is 0 Å². The number of nitrogens with one attached hydrogen (secondary N) is 1. The number of cyclic esters (lactones) is 2. The summed E-state index contributed by atoms with van der Waals surface area (Å²) in [7, 11) is 0. The highest BCUT2D eigenvalue weighted by Gasteiger charge is 2.38. The zero-order valence-electron chi connectivity index (χ0n) is 14.6. The van der Waals surface area contributed by atoms with Crippen molar-refractivity contribution in [1.29, 1.82) is 0 Å². The Hall–Kier alpha value is -3.12. The normalized spacial score (nSPS) is 15.6. The van der Waals surface area contributed by atoms with Gasteiger partial charge in [0.15, 0.2) is 11.4 Å². The van der Waals surface area contributed by atoms with Gasteiger partial charge in [0.05, 0.1) is 0 Å². The second-order valence-electron chi connectivity index (χ2n) is 6.29. The Labute approximate surface area is 160 Å². The van der Waals surface area contributed by atoms with Crippen molar-refractivity contribution in [3.8, 4) is 0 Å². The van der Waals surface area contributed by atoms with Crippen LogP contribution in [-0.2, 0) is 19.1 Å². The van der Waals surface area contributed by atoms with Crippen molar-refractivity contribution in [3.63, 3.8) is 0 Å². The van der Waals surface area contributed by atoms with E-state index < -0.39 is 17.7 Å². The maximum Gasteiger partial charge on any atom is 0.350 e. The number of carbonyl (C=O) groups excluding carboxylic acids is 3. The number of hydrogen-bond donors (Lipinski definition) is 1. The monoisotopic (exact) mass is 385 g/mol. The van der Waals surface area contributed by atoms with E-state index in [2.05, 4.69) is 5.32 Å². The lowest BCUT2D eigenvalue weighted by Crippen LogP contribution is -2.42. The van der Waals surface area contributed by atoms with Gasteiger partial charge in [0.2, 0.25) is 0 Å². The third-order valence-corrected chi connectivity index (χ3v) is 4.01. The summed E-state index contributed by atoms with van der Waals surface area (Å²) in [5.74, 6) is -2.95. The average molecular weight is 386 g/mol. The van der Waals surface area contributed by atoms with E-state index in [9.17, 15) is 14.4 Å². The van der Waals surface area contributed by atoms with Crippen molar-refractivity contribution < 1.29 is 23.9 Å². The molecule has 0 bridgehead atoms. The Bertz CT molecular complexity index is 908. The van der Waals surface area contributed by atoms with Crippen LogP contribution in [0.2, 0.25) is 5.02 Å². The first kappa shape index (κ1) is 18.7. The molecule has 1 N–H and O–H groups in total. The summed E-state index contributed by atoms with van der Waals surface area (Å²) < 4.78 is 10.0. The van der Waals surface area contributed by atoms with E-state index in [1.807, 2.05) is 0 Å². The molecule has 0 saturated carbocycles. The molecular formula is C20H16ClNO5. The van der Waals surface area contributed by atoms with Crippen molar-refractivity contribution in [2.24, 2.45) is 0 Å². The summed E-state index contributed by atoms with van der Waals surface area (Å²) in [6, 6.07) is 13.2. The molecule has 1 fully saturated rings. The van der Waals surface area contributed by atoms with E-state index in [-0.39, 0.29) is 11.4 Å². The van der Waals surface area contributed by atoms with Crippen LogP contribution in [0.4, 0.5) is 5.69 Å². The lowest BCUT2D eigenvalue weighted by molar-refractivity contribution is -0.222. The highest BCUT2D eigenvalue weighted by Crippen LogP contribution is 2.23. The molecule has 1 aliphatic rings. The molecule has 2 aromatic rings. The number of ether oxygens (including phenoxy) is 2. The average Bonchev–Trinajstić information content (AvgIpc) is 2.60. The standard InChI is InChI=1S/C20H16ClNO5/c1-20(2)26-18(24)16(19(25)27-20)11-22-15-9-5-13(6-10-15)17(23)12-3-7-14(21)8-4-12/h3-11,22H,1-2H3. The Kier molecular flexibility index (Phi) is 5.01. The number of carbonyl (C=O) groups is 3. The van der Waals surface area contributed by atoms with Gasteiger partial charge in [-0.15, -0.1) is 0 Å². The van der Waals surface area contributed by atoms with Gasteiger partial charge in [-0.05, 0) is 48.5 Å². The van der Waals surface area contributed by atoms with Crippen LogP contribution in [0.5, 0.6) is 0 Å². The van der Waals surface area contributed by atoms with Crippen molar-refractivity contribution in [2.75, 3.05) is 5.32 Å². The zero-order valence-corrected chi connectivity index (χ0v) is 15.4. The van der Waals surface area contributed by atoms with Crippen LogP contribution in [0.3, 0.4) is 0 Å². The van der Waals surface area contributed by atoms with E-state index in [1.54, 1.807) is 48.5 Å². The minimum absolute atomic E-state index is 0.141. The van der Waals surface area contributed by atoms with E-state index in [4.69, 9.17) is 21.1 Å². The Morgan fingerprint density at radius 3 is 1.93 bits per heavy atom. The molecule has 138 valence electrons. The fraction of sp³-hybridized carbons (Fsp3) is 0.150. The highest BCUT2D eigenvalue weighted by molar-refractivity contribution is 6.30. The summed E-state index contributed by atoms with van der Waals surface area (Å²) in [4.78, 5) is 36.2. The molecule has 1 saturated heterocycles. The molecule has 7 heteroatoms. The number of ketones is 1. The van der Waals surface area contributed by atoms with Gasteiger partial charge in [-0.25, -0.2) is 9.59 Å². The zero-order chi connectivity index (χ0) is 19.6. The van der Waals surface area contributed by atoms with Crippen molar-refractivity contribution in [3.05, 3.63) is 76.5 Å². The van der Waals surface area contributed by atoms with E-state index in [1.165, 1.54) is 20.0 Å². The predicted octanol–water partition coefficient (Wildman–Crippen LogP) is 3.70. The molecule has 3 rings (SSSR count). The third kappa shape index (κ3) is 4.35. The maximum absolute atomic E-state index is 12.4. The summed E-state index contributed by atoms with van der Waals surface area (Å²) in [6.45, 7) is 2.95.